The van der Waals surface area contributed by atoms with Gasteiger partial charge in [0.25, 0.3) is 0 Å². The number of nitrogens with one attached hydrogen (secondary N) is 1. The highest BCUT2D eigenvalue weighted by atomic mass is 32.1. The van der Waals surface area contributed by atoms with Gasteiger partial charge in [-0.1, -0.05) is 0 Å². The molecule has 2 heterocycles. The quantitative estimate of drug-likeness (QED) is 0.900. The molecule has 2 rings (SSSR count). The number of hydrogen-bond acceptors (Lipinski definition) is 6. The molecule has 0 spiro atoms. The van der Waals surface area contributed by atoms with Crippen LogP contribution in [0.15, 0.2) is 16.8 Å². The van der Waals surface area contributed by atoms with Crippen LogP contribution in [0.3, 0.4) is 0 Å². The van der Waals surface area contributed by atoms with E-state index in [4.69, 9.17) is 9.47 Å². The van der Waals surface area contributed by atoms with Crippen molar-refractivity contribution in [1.82, 2.24) is 9.97 Å². The highest BCUT2D eigenvalue weighted by Gasteiger charge is 2.06. The molecule has 0 atom stereocenters. The number of anilines is 1. The van der Waals surface area contributed by atoms with Crippen LogP contribution < -0.4 is 14.8 Å². The maximum Gasteiger partial charge on any atom is 0.229 e. The lowest BCUT2D eigenvalue weighted by atomic mass is 10.2. The predicted octanol–water partition coefficient (Wildman–Crippen LogP) is 2.48. The fourth-order valence-electron chi connectivity index (χ4n) is 1.43. The summed E-state index contributed by atoms with van der Waals surface area (Å²) in [5, 5.41) is 7.39. The second-order valence-electron chi connectivity index (χ2n) is 3.71. The third-order valence-electron chi connectivity index (χ3n) is 2.50. The Kier molecular flexibility index (Phi) is 3.99. The minimum absolute atomic E-state index is 0.478. The van der Waals surface area contributed by atoms with Crippen molar-refractivity contribution >= 4 is 17.3 Å². The number of ether oxygens (including phenoxy) is 2. The lowest BCUT2D eigenvalue weighted by Gasteiger charge is -2.08. The van der Waals surface area contributed by atoms with Gasteiger partial charge in [-0.2, -0.15) is 21.3 Å². The van der Waals surface area contributed by atoms with Gasteiger partial charge in [0.15, 0.2) is 0 Å². The van der Waals surface area contributed by atoms with E-state index < -0.39 is 0 Å². The molecule has 96 valence electrons. The van der Waals surface area contributed by atoms with Gasteiger partial charge in [-0.25, -0.2) is 0 Å². The van der Waals surface area contributed by atoms with Crippen molar-refractivity contribution in [2.75, 3.05) is 19.5 Å². The van der Waals surface area contributed by atoms with E-state index >= 15 is 0 Å². The van der Waals surface area contributed by atoms with E-state index in [2.05, 4.69) is 33.0 Å². The Morgan fingerprint density at radius 1 is 1.17 bits per heavy atom. The maximum absolute atomic E-state index is 5.09. The molecule has 0 unspecified atom stereocenters. The van der Waals surface area contributed by atoms with Gasteiger partial charge in [-0.15, -0.1) is 0 Å². The molecule has 2 aromatic rings. The molecular weight excluding hydrogens is 250 g/mol. The zero-order chi connectivity index (χ0) is 13.0. The molecule has 0 fully saturated rings. The second-order valence-corrected chi connectivity index (χ2v) is 4.45. The van der Waals surface area contributed by atoms with Gasteiger partial charge in [-0.3, -0.25) is 0 Å². The van der Waals surface area contributed by atoms with E-state index in [1.807, 2.05) is 0 Å². The minimum atomic E-state index is 0.478. The van der Waals surface area contributed by atoms with Crippen LogP contribution in [0.4, 0.5) is 5.95 Å². The topological polar surface area (TPSA) is 56.3 Å². The third-order valence-corrected chi connectivity index (χ3v) is 3.41. The highest BCUT2D eigenvalue weighted by Crippen LogP contribution is 2.19. The first kappa shape index (κ1) is 12.6. The van der Waals surface area contributed by atoms with Crippen LogP contribution in [0, 0.1) is 6.92 Å². The largest absolute Gasteiger partial charge is 0.481 e. The fourth-order valence-corrected chi connectivity index (χ4v) is 2.29. The van der Waals surface area contributed by atoms with Crippen molar-refractivity contribution in [2.45, 2.75) is 13.5 Å². The van der Waals surface area contributed by atoms with Gasteiger partial charge in [0.05, 0.1) is 20.3 Å². The Morgan fingerprint density at radius 2 is 1.83 bits per heavy atom. The average Bonchev–Trinajstić information content (AvgIpc) is 2.81. The first-order valence-corrected chi connectivity index (χ1v) is 6.40. The average molecular weight is 265 g/mol. The van der Waals surface area contributed by atoms with Gasteiger partial charge >= 0.3 is 0 Å². The van der Waals surface area contributed by atoms with Gasteiger partial charge < -0.3 is 14.8 Å². The molecule has 0 saturated heterocycles. The Morgan fingerprint density at radius 3 is 2.33 bits per heavy atom. The zero-order valence-electron chi connectivity index (χ0n) is 10.6. The number of thiophene rings is 1. The lowest BCUT2D eigenvalue weighted by Crippen LogP contribution is -2.05. The summed E-state index contributed by atoms with van der Waals surface area (Å²) < 4.78 is 10.2. The van der Waals surface area contributed by atoms with E-state index in [1.54, 1.807) is 31.6 Å². The fraction of sp³-hybridized carbons (Fsp3) is 0.333. The summed E-state index contributed by atoms with van der Waals surface area (Å²) in [5.41, 5.74) is 2.51. The molecule has 0 amide bonds. The molecule has 2 aromatic heterocycles. The van der Waals surface area contributed by atoms with Crippen LogP contribution in [0.5, 0.6) is 11.8 Å². The molecule has 1 N–H and O–H groups in total. The molecule has 5 nitrogen and oxygen atoms in total. The molecule has 0 aromatic carbocycles. The Hall–Kier alpha value is -1.82. The van der Waals surface area contributed by atoms with Gasteiger partial charge in [-0.05, 0) is 28.8 Å². The summed E-state index contributed by atoms with van der Waals surface area (Å²) in [6.45, 7) is 2.77. The zero-order valence-corrected chi connectivity index (χ0v) is 11.4. The molecule has 18 heavy (non-hydrogen) atoms. The van der Waals surface area contributed by atoms with Crippen LogP contribution >= 0.6 is 11.3 Å². The maximum atomic E-state index is 5.09. The third kappa shape index (κ3) is 2.89. The number of methoxy groups -OCH3 is 2. The minimum Gasteiger partial charge on any atom is -0.481 e. The summed E-state index contributed by atoms with van der Waals surface area (Å²) >= 11 is 1.69. The van der Waals surface area contributed by atoms with Crippen molar-refractivity contribution in [3.63, 3.8) is 0 Å². The van der Waals surface area contributed by atoms with Crippen molar-refractivity contribution in [3.8, 4) is 11.8 Å². The van der Waals surface area contributed by atoms with Gasteiger partial charge in [0, 0.05) is 6.54 Å². The molecule has 0 aliphatic heterocycles. The van der Waals surface area contributed by atoms with Crippen LogP contribution in [0.1, 0.15) is 11.1 Å². The number of hydrogen-bond donors (Lipinski definition) is 1. The van der Waals surface area contributed by atoms with Gasteiger partial charge in [0.2, 0.25) is 17.7 Å². The summed E-state index contributed by atoms with van der Waals surface area (Å²) in [7, 11) is 3.13. The predicted molar refractivity (Wildman–Crippen MR) is 71.5 cm³/mol. The molecule has 0 bridgehead atoms. The van der Waals surface area contributed by atoms with E-state index in [0.717, 1.165) is 0 Å². The Balaban J connectivity index is 2.11. The Bertz CT molecular complexity index is 506. The van der Waals surface area contributed by atoms with E-state index in [9.17, 15) is 0 Å². The SMILES string of the molecule is COc1cc(OC)nc(NCc2cscc2C)n1. The smallest absolute Gasteiger partial charge is 0.229 e. The van der Waals surface area contributed by atoms with Crippen LogP contribution in [-0.4, -0.2) is 24.2 Å². The molecular formula is C12H15N3O2S. The number of nitrogens with zero attached hydrogens (tertiary/aromatic N) is 2. The van der Waals surface area contributed by atoms with E-state index in [1.165, 1.54) is 11.1 Å². The van der Waals surface area contributed by atoms with E-state index in [-0.39, 0.29) is 0 Å². The summed E-state index contributed by atoms with van der Waals surface area (Å²) in [6.07, 6.45) is 0. The van der Waals surface area contributed by atoms with Crippen LogP contribution in [0.25, 0.3) is 0 Å². The summed E-state index contributed by atoms with van der Waals surface area (Å²) in [6, 6.07) is 1.64. The Labute approximate surface area is 110 Å². The normalized spacial score (nSPS) is 10.2. The highest BCUT2D eigenvalue weighted by molar-refractivity contribution is 7.08. The number of aryl methyl sites for hydroxylation is 1. The van der Waals surface area contributed by atoms with Crippen molar-refractivity contribution in [1.29, 1.82) is 0 Å². The molecule has 0 saturated carbocycles. The summed E-state index contributed by atoms with van der Waals surface area (Å²) in [5.74, 6) is 1.45. The van der Waals surface area contributed by atoms with Crippen molar-refractivity contribution < 1.29 is 9.47 Å². The number of aromatic nitrogens is 2. The first-order chi connectivity index (χ1) is 8.72. The van der Waals surface area contributed by atoms with Crippen molar-refractivity contribution in [3.05, 3.63) is 28.0 Å². The number of rotatable bonds is 5. The standard InChI is InChI=1S/C12H15N3O2S/c1-8-6-18-7-9(8)5-13-12-14-10(16-2)4-11(15-12)17-3/h4,6-7H,5H2,1-3H3,(H,13,14,15). The van der Waals surface area contributed by atoms with Crippen LogP contribution in [-0.2, 0) is 6.54 Å². The second kappa shape index (κ2) is 5.68. The molecule has 0 aliphatic rings. The lowest BCUT2D eigenvalue weighted by molar-refractivity contribution is 0.373. The van der Waals surface area contributed by atoms with Crippen LogP contribution in [0.2, 0.25) is 0 Å². The molecule has 0 radical (unpaired) electrons. The molecule has 6 heteroatoms. The van der Waals surface area contributed by atoms with Gasteiger partial charge in [0.1, 0.15) is 0 Å². The van der Waals surface area contributed by atoms with Crippen molar-refractivity contribution in [2.24, 2.45) is 0 Å². The molecule has 0 aliphatic carbocycles. The monoisotopic (exact) mass is 265 g/mol. The van der Waals surface area contributed by atoms with E-state index in [0.29, 0.717) is 24.3 Å². The summed E-state index contributed by atoms with van der Waals surface area (Å²) in [4.78, 5) is 8.42. The first-order valence-electron chi connectivity index (χ1n) is 5.45.